The number of benzene rings is 1. The Morgan fingerprint density at radius 1 is 1.24 bits per heavy atom. The Hall–Kier alpha value is -1.71. The number of carboxylic acids is 1. The second-order valence-corrected chi connectivity index (χ2v) is 4.78. The van der Waals surface area contributed by atoms with Crippen LogP contribution in [0.4, 0.5) is 8.78 Å². The summed E-state index contributed by atoms with van der Waals surface area (Å²) in [7, 11) is 0. The van der Waals surface area contributed by atoms with Crippen LogP contribution in [-0.2, 0) is 4.79 Å². The van der Waals surface area contributed by atoms with Crippen molar-refractivity contribution in [2.75, 3.05) is 0 Å². The molecule has 1 aromatic rings. The van der Waals surface area contributed by atoms with Gasteiger partial charge in [0, 0.05) is 6.08 Å². The van der Waals surface area contributed by atoms with E-state index in [0.29, 0.717) is 11.1 Å². The smallest absolute Gasteiger partial charge is 0.328 e. The van der Waals surface area contributed by atoms with Crippen LogP contribution in [0.15, 0.2) is 24.3 Å². The van der Waals surface area contributed by atoms with Crippen molar-refractivity contribution in [2.45, 2.75) is 20.8 Å². The molecule has 1 aromatic carbocycles. The number of allylic oxidation sites excluding steroid dienone is 1. The van der Waals surface area contributed by atoms with Crippen LogP contribution in [-0.4, -0.2) is 11.1 Å². The molecule has 0 saturated heterocycles. The maximum absolute atomic E-state index is 13.1. The number of carboxylic acid groups (broad SMARTS) is 1. The summed E-state index contributed by atoms with van der Waals surface area (Å²) in [4.78, 5) is 10.7. The average molecular weight is 240 g/mol. The molecule has 2 nitrogen and oxygen atoms in total. The minimum Gasteiger partial charge on any atom is -0.478 e. The van der Waals surface area contributed by atoms with Crippen LogP contribution < -0.4 is 0 Å². The maximum Gasteiger partial charge on any atom is 0.328 e. The first kappa shape index (κ1) is 13.4. The number of rotatable bonds is 2. The zero-order chi connectivity index (χ0) is 13.2. The van der Waals surface area contributed by atoms with Crippen molar-refractivity contribution in [3.05, 3.63) is 41.5 Å². The van der Waals surface area contributed by atoms with E-state index < -0.39 is 23.0 Å². The molecule has 0 bridgehead atoms. The van der Waals surface area contributed by atoms with Crippen LogP contribution in [0.1, 0.15) is 26.3 Å². The van der Waals surface area contributed by atoms with E-state index in [2.05, 4.69) is 0 Å². The first-order valence-electron chi connectivity index (χ1n) is 5.12. The number of carbonyl (C=O) groups is 1. The van der Waals surface area contributed by atoms with Crippen LogP contribution in [0, 0.1) is 17.0 Å². The Morgan fingerprint density at radius 2 is 1.82 bits per heavy atom. The Morgan fingerprint density at radius 3 is 2.24 bits per heavy atom. The van der Waals surface area contributed by atoms with Crippen molar-refractivity contribution >= 4 is 11.5 Å². The normalized spacial score (nSPS) is 12.6. The summed E-state index contributed by atoms with van der Waals surface area (Å²) in [6.07, 6.45) is 1.02. The molecule has 1 N–H and O–H groups in total. The van der Waals surface area contributed by atoms with Gasteiger partial charge < -0.3 is 5.11 Å². The predicted molar refractivity (Wildman–Crippen MR) is 61.4 cm³/mol. The van der Waals surface area contributed by atoms with Crippen molar-refractivity contribution in [1.82, 2.24) is 0 Å². The second kappa shape index (κ2) is 4.65. The van der Waals surface area contributed by atoms with Crippen LogP contribution in [0.2, 0.25) is 0 Å². The van der Waals surface area contributed by atoms with Gasteiger partial charge in [-0.2, -0.15) is 0 Å². The fraction of sp³-hybridized carbons (Fsp3) is 0.308. The van der Waals surface area contributed by atoms with Crippen LogP contribution in [0.3, 0.4) is 0 Å². The fourth-order valence-electron chi connectivity index (χ4n) is 1.52. The standard InChI is InChI=1S/C13H14F2O2/c1-13(2,3)9(7-12(16)17)8-4-5-10(14)11(15)6-8/h4-7H,1-3H3,(H,16,17)/b9-7-. The lowest BCUT2D eigenvalue weighted by Crippen LogP contribution is -2.11. The van der Waals surface area contributed by atoms with Crippen molar-refractivity contribution < 1.29 is 18.7 Å². The van der Waals surface area contributed by atoms with Gasteiger partial charge in [0.1, 0.15) is 0 Å². The molecule has 0 amide bonds. The van der Waals surface area contributed by atoms with Gasteiger partial charge in [0.2, 0.25) is 0 Å². The van der Waals surface area contributed by atoms with Gasteiger partial charge in [0.15, 0.2) is 11.6 Å². The number of halogens is 2. The molecule has 92 valence electrons. The summed E-state index contributed by atoms with van der Waals surface area (Å²) in [5, 5.41) is 8.79. The lowest BCUT2D eigenvalue weighted by atomic mass is 9.82. The van der Waals surface area contributed by atoms with Crippen LogP contribution >= 0.6 is 0 Å². The number of hydrogen-bond donors (Lipinski definition) is 1. The SMILES string of the molecule is CC(C)(C)/C(=C\C(=O)O)c1ccc(F)c(F)c1. The first-order chi connectivity index (χ1) is 7.71. The lowest BCUT2D eigenvalue weighted by molar-refractivity contribution is -0.131. The number of hydrogen-bond acceptors (Lipinski definition) is 1. The molecule has 0 aliphatic rings. The zero-order valence-corrected chi connectivity index (χ0v) is 9.92. The molecule has 0 atom stereocenters. The van der Waals surface area contributed by atoms with E-state index in [4.69, 9.17) is 5.11 Å². The summed E-state index contributed by atoms with van der Waals surface area (Å²) in [5.74, 6) is -3.04. The highest BCUT2D eigenvalue weighted by molar-refractivity contribution is 5.91. The molecule has 0 unspecified atom stereocenters. The third-order valence-electron chi connectivity index (χ3n) is 2.31. The first-order valence-corrected chi connectivity index (χ1v) is 5.12. The monoisotopic (exact) mass is 240 g/mol. The van der Waals surface area contributed by atoms with Gasteiger partial charge in [-0.05, 0) is 28.7 Å². The molecule has 1 rings (SSSR count). The Kier molecular flexibility index (Phi) is 3.66. The Balaban J connectivity index is 3.33. The van der Waals surface area contributed by atoms with Crippen molar-refractivity contribution in [1.29, 1.82) is 0 Å². The summed E-state index contributed by atoms with van der Waals surface area (Å²) in [5.41, 5.74) is 0.352. The molecule has 0 heterocycles. The van der Waals surface area contributed by atoms with E-state index in [1.165, 1.54) is 6.07 Å². The van der Waals surface area contributed by atoms with E-state index in [0.717, 1.165) is 18.2 Å². The Labute approximate surface area is 98.6 Å². The van der Waals surface area contributed by atoms with E-state index in [1.54, 1.807) is 0 Å². The van der Waals surface area contributed by atoms with Crippen molar-refractivity contribution in [3.8, 4) is 0 Å². The fourth-order valence-corrected chi connectivity index (χ4v) is 1.52. The van der Waals surface area contributed by atoms with E-state index in [1.807, 2.05) is 20.8 Å². The molecule has 4 heteroatoms. The van der Waals surface area contributed by atoms with Gasteiger partial charge in [-0.15, -0.1) is 0 Å². The second-order valence-electron chi connectivity index (χ2n) is 4.78. The molecule has 17 heavy (non-hydrogen) atoms. The molecule has 0 fully saturated rings. The quantitative estimate of drug-likeness (QED) is 0.803. The summed E-state index contributed by atoms with van der Waals surface area (Å²) in [6, 6.07) is 3.37. The highest BCUT2D eigenvalue weighted by Crippen LogP contribution is 2.34. The van der Waals surface area contributed by atoms with Gasteiger partial charge in [-0.3, -0.25) is 0 Å². The predicted octanol–water partition coefficient (Wildman–Crippen LogP) is 3.48. The van der Waals surface area contributed by atoms with E-state index in [-0.39, 0.29) is 0 Å². The summed E-state index contributed by atoms with van der Waals surface area (Å²) < 4.78 is 25.9. The largest absolute Gasteiger partial charge is 0.478 e. The molecule has 0 aliphatic carbocycles. The maximum atomic E-state index is 13.1. The van der Waals surface area contributed by atoms with Gasteiger partial charge in [-0.25, -0.2) is 13.6 Å². The van der Waals surface area contributed by atoms with Crippen molar-refractivity contribution in [2.24, 2.45) is 5.41 Å². The zero-order valence-electron chi connectivity index (χ0n) is 9.92. The highest BCUT2D eigenvalue weighted by atomic mass is 19.2. The lowest BCUT2D eigenvalue weighted by Gasteiger charge is -2.23. The average Bonchev–Trinajstić information content (AvgIpc) is 2.17. The van der Waals surface area contributed by atoms with Crippen LogP contribution in [0.5, 0.6) is 0 Å². The third kappa shape index (κ3) is 3.37. The van der Waals surface area contributed by atoms with Gasteiger partial charge >= 0.3 is 5.97 Å². The van der Waals surface area contributed by atoms with Gasteiger partial charge in [0.25, 0.3) is 0 Å². The minimum absolute atomic E-state index is 0.374. The third-order valence-corrected chi connectivity index (χ3v) is 2.31. The van der Waals surface area contributed by atoms with Crippen molar-refractivity contribution in [3.63, 3.8) is 0 Å². The van der Waals surface area contributed by atoms with Gasteiger partial charge in [0.05, 0.1) is 0 Å². The molecule has 0 spiro atoms. The molecular formula is C13H14F2O2. The number of aliphatic carboxylic acids is 1. The summed E-state index contributed by atoms with van der Waals surface area (Å²) >= 11 is 0. The summed E-state index contributed by atoms with van der Waals surface area (Å²) in [6.45, 7) is 5.43. The molecule has 0 radical (unpaired) electrons. The van der Waals surface area contributed by atoms with Gasteiger partial charge in [-0.1, -0.05) is 26.8 Å². The van der Waals surface area contributed by atoms with E-state index in [9.17, 15) is 13.6 Å². The van der Waals surface area contributed by atoms with E-state index >= 15 is 0 Å². The minimum atomic E-state index is -1.11. The molecular weight excluding hydrogens is 226 g/mol. The van der Waals surface area contributed by atoms with Crippen LogP contribution in [0.25, 0.3) is 5.57 Å². The topological polar surface area (TPSA) is 37.3 Å². The molecule has 0 saturated carbocycles. The molecule has 0 aromatic heterocycles. The molecule has 0 aliphatic heterocycles. The Bertz CT molecular complexity index is 471. The highest BCUT2D eigenvalue weighted by Gasteiger charge is 2.21.